The summed E-state index contributed by atoms with van der Waals surface area (Å²) in [5, 5.41) is 3.30. The Balaban J connectivity index is 2.07. The van der Waals surface area contributed by atoms with Crippen molar-refractivity contribution in [3.05, 3.63) is 34.9 Å². The summed E-state index contributed by atoms with van der Waals surface area (Å²) in [7, 11) is 0. The second-order valence-corrected chi connectivity index (χ2v) is 7.42. The number of nitrogens with zero attached hydrogens (tertiary/aromatic N) is 1. The largest absolute Gasteiger partial charge is 0.341 e. The van der Waals surface area contributed by atoms with Crippen LogP contribution in [0.3, 0.4) is 0 Å². The first kappa shape index (κ1) is 19.1. The minimum atomic E-state index is -0.487. The number of halogens is 1. The summed E-state index contributed by atoms with van der Waals surface area (Å²) in [6.07, 6.45) is 7.06. The monoisotopic (exact) mass is 368 g/mol. The molecule has 6 heteroatoms. The minimum Gasteiger partial charge on any atom is -0.341 e. The second-order valence-electron chi connectivity index (χ2n) is 6.03. The predicted octanol–water partition coefficient (Wildman–Crippen LogP) is 3.59. The van der Waals surface area contributed by atoms with E-state index in [0.717, 1.165) is 31.7 Å². The molecular formula is C18H25ClN2O2S. The van der Waals surface area contributed by atoms with Crippen molar-refractivity contribution in [2.45, 2.75) is 38.1 Å². The third-order valence-electron chi connectivity index (χ3n) is 4.25. The molecule has 1 aliphatic heterocycles. The molecule has 0 aliphatic carbocycles. The van der Waals surface area contributed by atoms with Gasteiger partial charge in [-0.2, -0.15) is 11.8 Å². The lowest BCUT2D eigenvalue weighted by Gasteiger charge is -2.27. The average molecular weight is 369 g/mol. The smallest absolute Gasteiger partial charge is 0.253 e. The number of nitrogens with one attached hydrogen (secondary N) is 1. The maximum atomic E-state index is 12.9. The summed E-state index contributed by atoms with van der Waals surface area (Å²) >= 11 is 7.77. The fraction of sp³-hybridized carbons (Fsp3) is 0.556. The molecule has 0 bridgehead atoms. The second kappa shape index (κ2) is 9.94. The summed E-state index contributed by atoms with van der Waals surface area (Å²) in [6, 6.07) is 6.43. The summed E-state index contributed by atoms with van der Waals surface area (Å²) in [4.78, 5) is 27.3. The topological polar surface area (TPSA) is 49.4 Å². The Morgan fingerprint density at radius 1 is 1.21 bits per heavy atom. The molecule has 1 aromatic carbocycles. The molecule has 1 aromatic rings. The number of carbonyl (C=O) groups is 2. The van der Waals surface area contributed by atoms with Crippen LogP contribution in [0.1, 0.15) is 42.5 Å². The molecule has 0 spiro atoms. The molecule has 132 valence electrons. The van der Waals surface area contributed by atoms with Gasteiger partial charge in [-0.15, -0.1) is 0 Å². The number of benzene rings is 1. The van der Waals surface area contributed by atoms with E-state index in [2.05, 4.69) is 5.32 Å². The van der Waals surface area contributed by atoms with Gasteiger partial charge in [-0.3, -0.25) is 9.59 Å². The van der Waals surface area contributed by atoms with Crippen molar-refractivity contribution in [1.29, 1.82) is 0 Å². The maximum Gasteiger partial charge on any atom is 0.253 e. The zero-order chi connectivity index (χ0) is 17.4. The van der Waals surface area contributed by atoms with Crippen LogP contribution >= 0.6 is 23.4 Å². The first-order valence-corrected chi connectivity index (χ1v) is 10.2. The van der Waals surface area contributed by atoms with E-state index >= 15 is 0 Å². The van der Waals surface area contributed by atoms with E-state index in [0.29, 0.717) is 17.0 Å². The molecule has 0 saturated carbocycles. The van der Waals surface area contributed by atoms with Gasteiger partial charge in [-0.05, 0) is 43.4 Å². The summed E-state index contributed by atoms with van der Waals surface area (Å²) in [6.45, 7) is 1.58. The van der Waals surface area contributed by atoms with E-state index in [9.17, 15) is 9.59 Å². The van der Waals surface area contributed by atoms with Crippen molar-refractivity contribution >= 4 is 35.2 Å². The number of hydrogen-bond acceptors (Lipinski definition) is 3. The molecule has 24 heavy (non-hydrogen) atoms. The minimum absolute atomic E-state index is 0.0337. The number of amides is 2. The normalized spacial score (nSPS) is 16.3. The van der Waals surface area contributed by atoms with Crippen LogP contribution in [-0.4, -0.2) is 47.9 Å². The van der Waals surface area contributed by atoms with Crippen LogP contribution in [0.15, 0.2) is 24.3 Å². The summed E-state index contributed by atoms with van der Waals surface area (Å²) in [5.74, 6) is 0.578. The molecule has 1 N–H and O–H groups in total. The molecule has 1 heterocycles. The number of thioether (sulfide) groups is 1. The highest BCUT2D eigenvalue weighted by molar-refractivity contribution is 7.98. The fourth-order valence-corrected chi connectivity index (χ4v) is 3.58. The molecule has 1 atom stereocenters. The van der Waals surface area contributed by atoms with Gasteiger partial charge in [0.05, 0.1) is 10.6 Å². The van der Waals surface area contributed by atoms with Crippen LogP contribution in [0.4, 0.5) is 0 Å². The lowest BCUT2D eigenvalue weighted by atomic mass is 10.1. The highest BCUT2D eigenvalue weighted by atomic mass is 35.5. The third kappa shape index (κ3) is 5.42. The molecule has 1 aliphatic rings. The standard InChI is InChI=1S/C18H25ClN2O2S/c1-24-13-10-16(18(23)21-11-6-2-3-7-12-21)20-17(22)14-8-4-5-9-15(14)19/h4-5,8-9,16H,2-3,6-7,10-13H2,1H3,(H,20,22). The number of hydrogen-bond donors (Lipinski definition) is 1. The van der Waals surface area contributed by atoms with Crippen molar-refractivity contribution in [1.82, 2.24) is 10.2 Å². The Morgan fingerprint density at radius 2 is 1.88 bits per heavy atom. The number of rotatable bonds is 6. The molecule has 1 fully saturated rings. The van der Waals surface area contributed by atoms with Gasteiger partial charge in [0.1, 0.15) is 6.04 Å². The van der Waals surface area contributed by atoms with Gasteiger partial charge >= 0.3 is 0 Å². The first-order chi connectivity index (χ1) is 11.6. The number of likely N-dealkylation sites (tertiary alicyclic amines) is 1. The molecule has 2 rings (SSSR count). The Labute approximate surface area is 153 Å². The number of carbonyl (C=O) groups excluding carboxylic acids is 2. The summed E-state index contributed by atoms with van der Waals surface area (Å²) in [5.41, 5.74) is 0.414. The van der Waals surface area contributed by atoms with Crippen molar-refractivity contribution in [3.63, 3.8) is 0 Å². The van der Waals surface area contributed by atoms with Crippen molar-refractivity contribution in [3.8, 4) is 0 Å². The van der Waals surface area contributed by atoms with Gasteiger partial charge in [-0.1, -0.05) is 36.6 Å². The first-order valence-electron chi connectivity index (χ1n) is 8.46. The van der Waals surface area contributed by atoms with Gasteiger partial charge in [0.15, 0.2) is 0 Å². The van der Waals surface area contributed by atoms with Crippen LogP contribution < -0.4 is 5.32 Å². The van der Waals surface area contributed by atoms with E-state index in [-0.39, 0.29) is 11.8 Å². The van der Waals surface area contributed by atoms with Crippen LogP contribution in [0, 0.1) is 0 Å². The van der Waals surface area contributed by atoms with Gasteiger partial charge in [0.25, 0.3) is 5.91 Å². The quantitative estimate of drug-likeness (QED) is 0.834. The molecule has 1 unspecified atom stereocenters. The van der Waals surface area contributed by atoms with Crippen LogP contribution in [0.25, 0.3) is 0 Å². The van der Waals surface area contributed by atoms with Gasteiger partial charge in [-0.25, -0.2) is 0 Å². The molecule has 0 radical (unpaired) electrons. The lowest BCUT2D eigenvalue weighted by molar-refractivity contribution is -0.133. The van der Waals surface area contributed by atoms with E-state index in [1.165, 1.54) is 12.8 Å². The highest BCUT2D eigenvalue weighted by Gasteiger charge is 2.26. The molecule has 4 nitrogen and oxygen atoms in total. The molecular weight excluding hydrogens is 344 g/mol. The fourth-order valence-electron chi connectivity index (χ4n) is 2.89. The van der Waals surface area contributed by atoms with E-state index in [4.69, 9.17) is 11.6 Å². The highest BCUT2D eigenvalue weighted by Crippen LogP contribution is 2.16. The van der Waals surface area contributed by atoms with E-state index < -0.39 is 6.04 Å². The lowest BCUT2D eigenvalue weighted by Crippen LogP contribution is -2.49. The van der Waals surface area contributed by atoms with Crippen molar-refractivity contribution in [2.75, 3.05) is 25.1 Å². The molecule has 1 saturated heterocycles. The zero-order valence-electron chi connectivity index (χ0n) is 14.1. The average Bonchev–Trinajstić information content (AvgIpc) is 2.87. The van der Waals surface area contributed by atoms with Gasteiger partial charge in [0, 0.05) is 13.1 Å². The van der Waals surface area contributed by atoms with Crippen molar-refractivity contribution < 1.29 is 9.59 Å². The molecule has 2 amide bonds. The third-order valence-corrected chi connectivity index (χ3v) is 5.22. The van der Waals surface area contributed by atoms with Crippen LogP contribution in [0.2, 0.25) is 5.02 Å². The van der Waals surface area contributed by atoms with Gasteiger partial charge in [0.2, 0.25) is 5.91 Å². The zero-order valence-corrected chi connectivity index (χ0v) is 15.7. The predicted molar refractivity (Wildman–Crippen MR) is 101 cm³/mol. The Bertz CT molecular complexity index is 560. The van der Waals surface area contributed by atoms with Crippen molar-refractivity contribution in [2.24, 2.45) is 0 Å². The van der Waals surface area contributed by atoms with Gasteiger partial charge < -0.3 is 10.2 Å². The van der Waals surface area contributed by atoms with E-state index in [1.807, 2.05) is 11.2 Å². The van der Waals surface area contributed by atoms with E-state index in [1.54, 1.807) is 36.0 Å². The Morgan fingerprint density at radius 3 is 2.50 bits per heavy atom. The Hall–Kier alpha value is -1.20. The molecule has 0 aromatic heterocycles. The van der Waals surface area contributed by atoms with Crippen LogP contribution in [0.5, 0.6) is 0 Å². The summed E-state index contributed by atoms with van der Waals surface area (Å²) < 4.78 is 0. The SMILES string of the molecule is CSCCC(NC(=O)c1ccccc1Cl)C(=O)N1CCCCCC1. The Kier molecular flexibility index (Phi) is 7.92. The maximum absolute atomic E-state index is 12.9. The van der Waals surface area contributed by atoms with Crippen LogP contribution in [-0.2, 0) is 4.79 Å².